The van der Waals surface area contributed by atoms with Crippen LogP contribution in [0, 0.1) is 6.92 Å². The third-order valence-corrected chi connectivity index (χ3v) is 5.56. The Morgan fingerprint density at radius 1 is 1.12 bits per heavy atom. The molecule has 1 atom stereocenters. The SMILES string of the molecule is Cc1cc(OC[C@H](C)c2oc(-c3ccc(C(F)(F)F)cc3)nc2C(C)C)ccc1CCC(=O)O. The standard InChI is InChI=1S/C26H28F3NO4/c1-15(2)23-24(34-25(30-23)19-5-9-20(10-6-19)26(27,28)29)17(4)14-33-21-11-7-18(16(3)13-21)8-12-22(31)32/h5-7,9-11,13,15,17H,8,12,14H2,1-4H3,(H,31,32)/t17-/m0/s1. The molecule has 0 aliphatic rings. The van der Waals surface area contributed by atoms with Crippen LogP contribution in [0.25, 0.3) is 11.5 Å². The van der Waals surface area contributed by atoms with E-state index in [1.54, 1.807) is 0 Å². The maximum absolute atomic E-state index is 12.9. The fourth-order valence-corrected chi connectivity index (χ4v) is 3.61. The second kappa shape index (κ2) is 10.3. The Bertz CT molecular complexity index is 1130. The van der Waals surface area contributed by atoms with Gasteiger partial charge in [-0.15, -0.1) is 0 Å². The molecule has 5 nitrogen and oxygen atoms in total. The second-order valence-corrected chi connectivity index (χ2v) is 8.69. The number of carboxylic acid groups (broad SMARTS) is 1. The van der Waals surface area contributed by atoms with E-state index in [0.717, 1.165) is 29.0 Å². The Morgan fingerprint density at radius 3 is 2.35 bits per heavy atom. The van der Waals surface area contributed by atoms with Crippen LogP contribution in [0.5, 0.6) is 5.75 Å². The Morgan fingerprint density at radius 2 is 1.79 bits per heavy atom. The van der Waals surface area contributed by atoms with Gasteiger partial charge in [-0.1, -0.05) is 26.8 Å². The van der Waals surface area contributed by atoms with Gasteiger partial charge in [-0.25, -0.2) is 4.98 Å². The predicted octanol–water partition coefficient (Wildman–Crippen LogP) is 6.99. The van der Waals surface area contributed by atoms with Gasteiger partial charge in [0.15, 0.2) is 0 Å². The average molecular weight is 476 g/mol. The van der Waals surface area contributed by atoms with E-state index in [1.165, 1.54) is 12.1 Å². The summed E-state index contributed by atoms with van der Waals surface area (Å²) < 4.78 is 50.6. The number of rotatable bonds is 9. The third-order valence-electron chi connectivity index (χ3n) is 5.56. The van der Waals surface area contributed by atoms with E-state index in [1.807, 2.05) is 45.9 Å². The first-order valence-corrected chi connectivity index (χ1v) is 11.1. The smallest absolute Gasteiger partial charge is 0.416 e. The van der Waals surface area contributed by atoms with Crippen molar-refractivity contribution >= 4 is 5.97 Å². The number of benzene rings is 2. The number of ether oxygens (including phenoxy) is 1. The lowest BCUT2D eigenvalue weighted by atomic mass is 10.0. The highest BCUT2D eigenvalue weighted by atomic mass is 19.4. The molecule has 2 aromatic carbocycles. The summed E-state index contributed by atoms with van der Waals surface area (Å²) in [7, 11) is 0. The van der Waals surface area contributed by atoms with Crippen molar-refractivity contribution in [3.8, 4) is 17.2 Å². The van der Waals surface area contributed by atoms with E-state index < -0.39 is 17.7 Å². The second-order valence-electron chi connectivity index (χ2n) is 8.69. The van der Waals surface area contributed by atoms with E-state index >= 15 is 0 Å². The molecule has 3 aromatic rings. The Labute approximate surface area is 196 Å². The lowest BCUT2D eigenvalue weighted by molar-refractivity contribution is -0.138. The van der Waals surface area contributed by atoms with Crippen LogP contribution in [-0.2, 0) is 17.4 Å². The Hall–Kier alpha value is -3.29. The maximum atomic E-state index is 12.9. The number of nitrogens with zero attached hydrogens (tertiary/aromatic N) is 1. The van der Waals surface area contributed by atoms with Crippen LogP contribution in [-0.4, -0.2) is 22.7 Å². The van der Waals surface area contributed by atoms with Crippen LogP contribution in [0.15, 0.2) is 46.9 Å². The first-order valence-electron chi connectivity index (χ1n) is 11.1. The van der Waals surface area contributed by atoms with Crippen molar-refractivity contribution in [2.75, 3.05) is 6.61 Å². The topological polar surface area (TPSA) is 72.6 Å². The summed E-state index contributed by atoms with van der Waals surface area (Å²) in [5.74, 6) is 0.645. The summed E-state index contributed by atoms with van der Waals surface area (Å²) in [5.41, 5.74) is 2.41. The number of alkyl halides is 3. The molecule has 1 N–H and O–H groups in total. The summed E-state index contributed by atoms with van der Waals surface area (Å²) in [4.78, 5) is 15.4. The molecule has 0 amide bonds. The number of carbonyl (C=O) groups is 1. The molecule has 182 valence electrons. The lowest BCUT2D eigenvalue weighted by Crippen LogP contribution is -2.09. The molecule has 0 radical (unpaired) electrons. The molecule has 1 heterocycles. The van der Waals surface area contributed by atoms with Gasteiger partial charge in [-0.05, 0) is 66.8 Å². The monoisotopic (exact) mass is 475 g/mol. The number of aliphatic carboxylic acids is 1. The van der Waals surface area contributed by atoms with Crippen molar-refractivity contribution in [2.45, 2.75) is 58.5 Å². The molecular formula is C26H28F3NO4. The normalized spacial score (nSPS) is 12.7. The zero-order valence-electron chi connectivity index (χ0n) is 19.6. The van der Waals surface area contributed by atoms with Crippen molar-refractivity contribution in [3.63, 3.8) is 0 Å². The third kappa shape index (κ3) is 6.18. The zero-order chi connectivity index (χ0) is 25.0. The molecule has 0 aliphatic carbocycles. The van der Waals surface area contributed by atoms with Gasteiger partial charge < -0.3 is 14.3 Å². The minimum absolute atomic E-state index is 0.0557. The Balaban J connectivity index is 1.74. The minimum Gasteiger partial charge on any atom is -0.493 e. The number of oxazole rings is 1. The molecule has 0 spiro atoms. The highest BCUT2D eigenvalue weighted by Crippen LogP contribution is 2.34. The fourth-order valence-electron chi connectivity index (χ4n) is 3.61. The number of carboxylic acids is 1. The van der Waals surface area contributed by atoms with Crippen LogP contribution < -0.4 is 4.74 Å². The molecule has 0 saturated heterocycles. The average Bonchev–Trinajstić information content (AvgIpc) is 3.22. The quantitative estimate of drug-likeness (QED) is 0.361. The van der Waals surface area contributed by atoms with Crippen molar-refractivity contribution < 1.29 is 32.2 Å². The summed E-state index contributed by atoms with van der Waals surface area (Å²) >= 11 is 0. The predicted molar refractivity (Wildman–Crippen MR) is 122 cm³/mol. The van der Waals surface area contributed by atoms with Crippen LogP contribution in [0.2, 0.25) is 0 Å². The van der Waals surface area contributed by atoms with Crippen LogP contribution in [0.1, 0.15) is 67.2 Å². The zero-order valence-corrected chi connectivity index (χ0v) is 19.6. The summed E-state index contributed by atoms with van der Waals surface area (Å²) in [5, 5.41) is 8.87. The molecule has 0 aliphatic heterocycles. The summed E-state index contributed by atoms with van der Waals surface area (Å²) in [6.45, 7) is 8.12. The van der Waals surface area contributed by atoms with Crippen LogP contribution in [0.4, 0.5) is 13.2 Å². The molecule has 3 rings (SSSR count). The van der Waals surface area contributed by atoms with Gasteiger partial charge in [-0.3, -0.25) is 4.79 Å². The number of aryl methyl sites for hydroxylation is 2. The van der Waals surface area contributed by atoms with E-state index in [-0.39, 0.29) is 24.1 Å². The summed E-state index contributed by atoms with van der Waals surface area (Å²) in [6.07, 6.45) is -3.87. The molecule has 0 unspecified atom stereocenters. The first-order chi connectivity index (χ1) is 16.0. The van der Waals surface area contributed by atoms with Crippen molar-refractivity contribution in [3.05, 3.63) is 70.6 Å². The van der Waals surface area contributed by atoms with Gasteiger partial charge in [0.1, 0.15) is 11.5 Å². The highest BCUT2D eigenvalue weighted by molar-refractivity contribution is 5.67. The van der Waals surface area contributed by atoms with E-state index in [9.17, 15) is 18.0 Å². The number of halogens is 3. The van der Waals surface area contributed by atoms with Gasteiger partial charge in [0.25, 0.3) is 0 Å². The van der Waals surface area contributed by atoms with Crippen LogP contribution >= 0.6 is 0 Å². The molecule has 34 heavy (non-hydrogen) atoms. The highest BCUT2D eigenvalue weighted by Gasteiger charge is 2.30. The molecule has 0 bridgehead atoms. The number of hydrogen-bond donors (Lipinski definition) is 1. The molecule has 8 heteroatoms. The van der Waals surface area contributed by atoms with Crippen LogP contribution in [0.3, 0.4) is 0 Å². The number of hydrogen-bond acceptors (Lipinski definition) is 4. The fraction of sp³-hybridized carbons (Fsp3) is 0.385. The molecule has 1 aromatic heterocycles. The van der Waals surface area contributed by atoms with E-state index in [0.29, 0.717) is 30.1 Å². The van der Waals surface area contributed by atoms with Crippen molar-refractivity contribution in [1.29, 1.82) is 0 Å². The van der Waals surface area contributed by atoms with Gasteiger partial charge in [0.05, 0.1) is 23.8 Å². The van der Waals surface area contributed by atoms with Gasteiger partial charge >= 0.3 is 12.1 Å². The van der Waals surface area contributed by atoms with Crippen molar-refractivity contribution in [1.82, 2.24) is 4.98 Å². The molecule has 0 saturated carbocycles. The summed E-state index contributed by atoms with van der Waals surface area (Å²) in [6, 6.07) is 10.3. The first kappa shape index (κ1) is 25.3. The van der Waals surface area contributed by atoms with Gasteiger partial charge in [0, 0.05) is 12.0 Å². The number of aromatic nitrogens is 1. The maximum Gasteiger partial charge on any atom is 0.416 e. The van der Waals surface area contributed by atoms with Gasteiger partial charge in [0.2, 0.25) is 5.89 Å². The largest absolute Gasteiger partial charge is 0.493 e. The van der Waals surface area contributed by atoms with Crippen molar-refractivity contribution in [2.24, 2.45) is 0 Å². The van der Waals surface area contributed by atoms with E-state index in [2.05, 4.69) is 4.98 Å². The van der Waals surface area contributed by atoms with E-state index in [4.69, 9.17) is 14.3 Å². The lowest BCUT2D eigenvalue weighted by Gasteiger charge is -2.14. The molecular weight excluding hydrogens is 447 g/mol. The minimum atomic E-state index is -4.40. The molecule has 0 fully saturated rings. The Kier molecular flexibility index (Phi) is 7.69. The van der Waals surface area contributed by atoms with Gasteiger partial charge in [-0.2, -0.15) is 13.2 Å².